The van der Waals surface area contributed by atoms with Gasteiger partial charge in [-0.2, -0.15) is 0 Å². The van der Waals surface area contributed by atoms with E-state index in [0.717, 1.165) is 25.9 Å². The fourth-order valence-corrected chi connectivity index (χ4v) is 5.06. The molecule has 0 bridgehead atoms. The largest absolute Gasteiger partial charge is 0.326 e. The molecule has 1 heterocycles. The topological polar surface area (TPSA) is 23.6 Å². The zero-order valence-electron chi connectivity index (χ0n) is 19.5. The molecular formula is C28H34N2O. The second-order valence-electron chi connectivity index (χ2n) is 9.11. The molecule has 0 N–H and O–H groups in total. The SMILES string of the molecule is CCC(N(C)Cc1c(C)ccc2ccccc12)N1CCc2cc(C)c(C)cc2CC1=O. The Morgan fingerprint density at radius 2 is 1.68 bits per heavy atom. The van der Waals surface area contributed by atoms with Crippen LogP contribution in [0.1, 0.15) is 46.7 Å². The number of carbonyl (C=O) groups is 1. The van der Waals surface area contributed by atoms with Crippen LogP contribution >= 0.6 is 0 Å². The number of hydrogen-bond donors (Lipinski definition) is 0. The minimum absolute atomic E-state index is 0.0994. The molecule has 1 atom stereocenters. The minimum atomic E-state index is 0.0994. The van der Waals surface area contributed by atoms with E-state index in [2.05, 4.69) is 93.1 Å². The van der Waals surface area contributed by atoms with Gasteiger partial charge in [0.15, 0.2) is 0 Å². The number of nitrogens with zero attached hydrogens (tertiary/aromatic N) is 2. The number of hydrogen-bond acceptors (Lipinski definition) is 2. The standard InChI is InChI=1S/C28H34N2O/c1-6-27(29(5)18-26-19(2)11-12-22-9-7-8-10-25(22)26)30-14-13-23-15-20(3)21(4)16-24(23)17-28(30)31/h7-12,15-16,27H,6,13-14,17-18H2,1-5H3. The van der Waals surface area contributed by atoms with Gasteiger partial charge in [0.1, 0.15) is 0 Å². The van der Waals surface area contributed by atoms with Crippen molar-refractivity contribution in [1.29, 1.82) is 0 Å². The number of carbonyl (C=O) groups excluding carboxylic acids is 1. The first kappa shape index (κ1) is 21.6. The highest BCUT2D eigenvalue weighted by Crippen LogP contribution is 2.27. The zero-order chi connectivity index (χ0) is 22.1. The smallest absolute Gasteiger partial charge is 0.228 e. The molecule has 1 unspecified atom stereocenters. The average Bonchev–Trinajstić information content (AvgIpc) is 2.90. The lowest BCUT2D eigenvalue weighted by atomic mass is 9.97. The van der Waals surface area contributed by atoms with E-state index >= 15 is 0 Å². The van der Waals surface area contributed by atoms with E-state index in [1.165, 1.54) is 44.2 Å². The minimum Gasteiger partial charge on any atom is -0.326 e. The second kappa shape index (κ2) is 8.84. The van der Waals surface area contributed by atoms with Crippen LogP contribution in [0.4, 0.5) is 0 Å². The third kappa shape index (κ3) is 4.24. The maximum absolute atomic E-state index is 13.3. The summed E-state index contributed by atoms with van der Waals surface area (Å²) in [5.41, 5.74) is 7.79. The van der Waals surface area contributed by atoms with Crippen molar-refractivity contribution < 1.29 is 4.79 Å². The van der Waals surface area contributed by atoms with Crippen molar-refractivity contribution >= 4 is 16.7 Å². The van der Waals surface area contributed by atoms with Crippen molar-refractivity contribution in [2.45, 2.75) is 59.7 Å². The first-order chi connectivity index (χ1) is 14.9. The van der Waals surface area contributed by atoms with Gasteiger partial charge in [-0.1, -0.05) is 55.5 Å². The highest BCUT2D eigenvalue weighted by Gasteiger charge is 2.29. The summed E-state index contributed by atoms with van der Waals surface area (Å²) >= 11 is 0. The lowest BCUT2D eigenvalue weighted by Gasteiger charge is -2.37. The number of benzene rings is 3. The summed E-state index contributed by atoms with van der Waals surface area (Å²) in [6.45, 7) is 10.3. The first-order valence-corrected chi connectivity index (χ1v) is 11.4. The van der Waals surface area contributed by atoms with Gasteiger partial charge in [-0.3, -0.25) is 9.69 Å². The number of rotatable bonds is 5. The molecule has 0 saturated carbocycles. The van der Waals surface area contributed by atoms with Crippen molar-refractivity contribution in [2.24, 2.45) is 0 Å². The Morgan fingerprint density at radius 3 is 2.42 bits per heavy atom. The Hall–Kier alpha value is -2.65. The van der Waals surface area contributed by atoms with E-state index in [4.69, 9.17) is 0 Å². The van der Waals surface area contributed by atoms with Gasteiger partial charge in [0, 0.05) is 13.1 Å². The van der Waals surface area contributed by atoms with Crippen molar-refractivity contribution in [3.63, 3.8) is 0 Å². The van der Waals surface area contributed by atoms with Crippen molar-refractivity contribution in [3.05, 3.63) is 81.9 Å². The van der Waals surface area contributed by atoms with Crippen LogP contribution in [0.3, 0.4) is 0 Å². The van der Waals surface area contributed by atoms with E-state index in [-0.39, 0.29) is 12.1 Å². The fraction of sp³-hybridized carbons (Fsp3) is 0.393. The molecular weight excluding hydrogens is 380 g/mol. The van der Waals surface area contributed by atoms with Gasteiger partial charge in [-0.25, -0.2) is 0 Å². The second-order valence-corrected chi connectivity index (χ2v) is 9.11. The van der Waals surface area contributed by atoms with Crippen LogP contribution < -0.4 is 0 Å². The molecule has 3 nitrogen and oxygen atoms in total. The normalized spacial score (nSPS) is 15.3. The molecule has 3 aromatic rings. The fourth-order valence-electron chi connectivity index (χ4n) is 5.06. The molecule has 0 aliphatic carbocycles. The Labute approximate surface area is 186 Å². The van der Waals surface area contributed by atoms with Crippen molar-refractivity contribution in [2.75, 3.05) is 13.6 Å². The van der Waals surface area contributed by atoms with Crippen LogP contribution in [0, 0.1) is 20.8 Å². The molecule has 1 amide bonds. The quantitative estimate of drug-likeness (QED) is 0.546. The van der Waals surface area contributed by atoms with E-state index in [1.54, 1.807) is 0 Å². The third-order valence-corrected chi connectivity index (χ3v) is 7.02. The molecule has 0 fully saturated rings. The van der Waals surface area contributed by atoms with Gasteiger partial charge in [-0.05, 0) is 84.8 Å². The molecule has 31 heavy (non-hydrogen) atoms. The summed E-state index contributed by atoms with van der Waals surface area (Å²) in [5, 5.41) is 2.58. The molecule has 1 aliphatic heterocycles. The van der Waals surface area contributed by atoms with Gasteiger partial charge >= 0.3 is 0 Å². The molecule has 3 heteroatoms. The van der Waals surface area contributed by atoms with E-state index in [9.17, 15) is 4.79 Å². The molecule has 0 spiro atoms. The van der Waals surface area contributed by atoms with Gasteiger partial charge < -0.3 is 4.90 Å². The summed E-state index contributed by atoms with van der Waals surface area (Å²) in [7, 11) is 2.16. The molecule has 3 aromatic carbocycles. The first-order valence-electron chi connectivity index (χ1n) is 11.4. The van der Waals surface area contributed by atoms with Crippen LogP contribution in [0.5, 0.6) is 0 Å². The molecule has 4 rings (SSSR count). The summed E-state index contributed by atoms with van der Waals surface area (Å²) in [4.78, 5) is 17.8. The van der Waals surface area contributed by atoms with Crippen LogP contribution in [0.15, 0.2) is 48.5 Å². The monoisotopic (exact) mass is 414 g/mol. The van der Waals surface area contributed by atoms with Crippen molar-refractivity contribution in [1.82, 2.24) is 9.80 Å². The lowest BCUT2D eigenvalue weighted by molar-refractivity contribution is -0.136. The van der Waals surface area contributed by atoms with E-state index in [1.807, 2.05) is 0 Å². The molecule has 0 radical (unpaired) electrons. The maximum atomic E-state index is 13.3. The van der Waals surface area contributed by atoms with Gasteiger partial charge in [0.05, 0.1) is 12.6 Å². The average molecular weight is 415 g/mol. The summed E-state index contributed by atoms with van der Waals surface area (Å²) < 4.78 is 0. The molecule has 0 saturated heterocycles. The van der Waals surface area contributed by atoms with Crippen LogP contribution in [0.25, 0.3) is 10.8 Å². The summed E-state index contributed by atoms with van der Waals surface area (Å²) in [6.07, 6.45) is 2.45. The van der Waals surface area contributed by atoms with Gasteiger partial charge in [0.2, 0.25) is 5.91 Å². The number of fused-ring (bicyclic) bond motifs is 2. The Balaban J connectivity index is 1.59. The predicted octanol–water partition coefficient (Wildman–Crippen LogP) is 5.56. The highest BCUT2D eigenvalue weighted by atomic mass is 16.2. The Bertz CT molecular complexity index is 1120. The van der Waals surface area contributed by atoms with Crippen molar-refractivity contribution in [3.8, 4) is 0 Å². The Morgan fingerprint density at radius 1 is 0.968 bits per heavy atom. The lowest BCUT2D eigenvalue weighted by Crippen LogP contribution is -2.49. The van der Waals surface area contributed by atoms with Crippen LogP contribution in [-0.4, -0.2) is 35.5 Å². The van der Waals surface area contributed by atoms with Crippen LogP contribution in [0.2, 0.25) is 0 Å². The number of aryl methyl sites for hydroxylation is 3. The van der Waals surface area contributed by atoms with Gasteiger partial charge in [-0.15, -0.1) is 0 Å². The molecule has 162 valence electrons. The summed E-state index contributed by atoms with van der Waals surface area (Å²) in [6, 6.07) is 17.5. The van der Waals surface area contributed by atoms with E-state index in [0.29, 0.717) is 6.42 Å². The molecule has 0 aromatic heterocycles. The highest BCUT2D eigenvalue weighted by molar-refractivity contribution is 5.86. The summed E-state index contributed by atoms with van der Waals surface area (Å²) in [5.74, 6) is 0.246. The maximum Gasteiger partial charge on any atom is 0.228 e. The number of amides is 1. The Kier molecular flexibility index (Phi) is 6.15. The predicted molar refractivity (Wildman–Crippen MR) is 129 cm³/mol. The third-order valence-electron chi connectivity index (χ3n) is 7.02. The van der Waals surface area contributed by atoms with Crippen LogP contribution in [-0.2, 0) is 24.2 Å². The van der Waals surface area contributed by atoms with Gasteiger partial charge in [0.25, 0.3) is 0 Å². The van der Waals surface area contributed by atoms with E-state index < -0.39 is 0 Å². The molecule has 1 aliphatic rings. The zero-order valence-corrected chi connectivity index (χ0v) is 19.5.